The average molecular weight is 671 g/mol. The summed E-state index contributed by atoms with van der Waals surface area (Å²) in [5.41, 5.74) is 8.86. The average Bonchev–Trinajstić information content (AvgIpc) is 3.70. The molecule has 5 aromatic carbocycles. The minimum Gasteiger partial charge on any atom is -0.314 e. The number of thiophene rings is 2. The van der Waals surface area contributed by atoms with E-state index in [0.29, 0.717) is 17.8 Å². The van der Waals surface area contributed by atoms with Crippen molar-refractivity contribution >= 4 is 81.8 Å². The highest BCUT2D eigenvalue weighted by Gasteiger charge is 2.33. The highest BCUT2D eigenvalue weighted by Crippen LogP contribution is 2.50. The van der Waals surface area contributed by atoms with Crippen LogP contribution in [-0.4, -0.2) is 0 Å². The molecule has 2 nitrogen and oxygen atoms in total. The summed E-state index contributed by atoms with van der Waals surface area (Å²) in [5.74, 6) is 1.22. The van der Waals surface area contributed by atoms with Crippen LogP contribution in [0.2, 0.25) is 0 Å². The highest BCUT2D eigenvalue weighted by atomic mass is 32.1. The second kappa shape index (κ2) is 12.2. The number of rotatable bonds is 6. The molecule has 0 fully saturated rings. The Morgan fingerprint density at radius 2 is 1.20 bits per heavy atom. The molecule has 0 saturated carbocycles. The van der Waals surface area contributed by atoms with Crippen LogP contribution >= 0.6 is 22.7 Å². The van der Waals surface area contributed by atoms with Crippen molar-refractivity contribution in [3.63, 3.8) is 0 Å². The quantitative estimate of drug-likeness (QED) is 0.174. The first-order chi connectivity index (χ1) is 24.0. The predicted octanol–water partition coefficient (Wildman–Crippen LogP) is 13.8. The topological polar surface area (TPSA) is 6.48 Å². The Kier molecular flexibility index (Phi) is 7.52. The van der Waals surface area contributed by atoms with E-state index in [1.165, 1.54) is 74.8 Å². The summed E-state index contributed by atoms with van der Waals surface area (Å²) < 4.78 is 4.01. The molecule has 0 amide bonds. The van der Waals surface area contributed by atoms with Crippen LogP contribution in [0, 0.1) is 11.8 Å². The van der Waals surface area contributed by atoms with Crippen LogP contribution in [0.5, 0.6) is 0 Å². The largest absolute Gasteiger partial charge is 0.314 e. The Morgan fingerprint density at radius 1 is 0.551 bits per heavy atom. The van der Waals surface area contributed by atoms with Gasteiger partial charge in [-0.2, -0.15) is 0 Å². The molecular formula is C45H38N2S2. The van der Waals surface area contributed by atoms with Gasteiger partial charge < -0.3 is 9.80 Å². The fourth-order valence-corrected chi connectivity index (χ4v) is 10.0. The Balaban J connectivity index is 1.18. The van der Waals surface area contributed by atoms with Crippen molar-refractivity contribution in [3.05, 3.63) is 161 Å². The number of hydrogen-bond acceptors (Lipinski definition) is 4. The Morgan fingerprint density at radius 3 is 1.96 bits per heavy atom. The molecule has 9 rings (SSSR count). The van der Waals surface area contributed by atoms with Crippen molar-refractivity contribution in [3.8, 4) is 0 Å². The van der Waals surface area contributed by atoms with Crippen molar-refractivity contribution in [2.45, 2.75) is 33.1 Å². The van der Waals surface area contributed by atoms with Gasteiger partial charge in [-0.3, -0.25) is 0 Å². The standard InChI is InChI=1S/C45H38N2S2/c1-29-18-20-34(21-19-29)46(32-12-6-4-7-13-32)35-23-25-42-39(26-35)45-31(3)30(2)40(28-44(45)49-42)47(33-14-8-5-9-15-33)36-22-24-38-37-16-10-11-17-41(37)48-43(38)27-36/h4-18,20-31H,19H2,1-3H3. The normalized spacial score (nSPS) is 18.8. The van der Waals surface area contributed by atoms with Gasteiger partial charge >= 0.3 is 0 Å². The lowest BCUT2D eigenvalue weighted by Gasteiger charge is -2.37. The molecule has 4 heteroatoms. The minimum atomic E-state index is 0.308. The number of benzene rings is 5. The molecule has 3 atom stereocenters. The van der Waals surface area contributed by atoms with Crippen molar-refractivity contribution in [2.24, 2.45) is 11.8 Å². The molecule has 0 bridgehead atoms. The fourth-order valence-electron chi connectivity index (χ4n) is 7.66. The third-order valence-electron chi connectivity index (χ3n) is 10.4. The smallest absolute Gasteiger partial charge is 0.0473 e. The van der Waals surface area contributed by atoms with E-state index in [-0.39, 0.29) is 0 Å². The van der Waals surface area contributed by atoms with Gasteiger partial charge in [0.05, 0.1) is 0 Å². The molecule has 0 N–H and O–H groups in total. The van der Waals surface area contributed by atoms with Gasteiger partial charge in [-0.25, -0.2) is 0 Å². The van der Waals surface area contributed by atoms with E-state index >= 15 is 0 Å². The van der Waals surface area contributed by atoms with E-state index in [0.717, 1.165) is 6.42 Å². The predicted molar refractivity (Wildman–Crippen MR) is 215 cm³/mol. The molecule has 0 spiro atoms. The van der Waals surface area contributed by atoms with E-state index in [9.17, 15) is 0 Å². The summed E-state index contributed by atoms with van der Waals surface area (Å²) in [6.07, 6.45) is 10.6. The van der Waals surface area contributed by atoms with Crippen LogP contribution in [0.25, 0.3) is 36.3 Å². The third-order valence-corrected chi connectivity index (χ3v) is 12.7. The molecule has 2 aromatic heterocycles. The van der Waals surface area contributed by atoms with Crippen LogP contribution < -0.4 is 9.80 Å². The lowest BCUT2D eigenvalue weighted by atomic mass is 9.80. The molecule has 7 aromatic rings. The van der Waals surface area contributed by atoms with E-state index in [1.807, 2.05) is 22.7 Å². The van der Waals surface area contributed by atoms with E-state index in [4.69, 9.17) is 0 Å². The van der Waals surface area contributed by atoms with E-state index in [2.05, 4.69) is 176 Å². The summed E-state index contributed by atoms with van der Waals surface area (Å²) in [4.78, 5) is 6.29. The zero-order valence-corrected chi connectivity index (χ0v) is 29.6. The second-order valence-electron chi connectivity index (χ2n) is 13.5. The molecule has 0 aliphatic heterocycles. The second-order valence-corrected chi connectivity index (χ2v) is 15.7. The fraction of sp³-hybridized carbons (Fsp3) is 0.156. The monoisotopic (exact) mass is 670 g/mol. The van der Waals surface area contributed by atoms with Gasteiger partial charge in [0.2, 0.25) is 0 Å². The number of fused-ring (bicyclic) bond motifs is 6. The number of allylic oxidation sites excluding steroid dienone is 4. The Hall–Kier alpha value is -4.90. The van der Waals surface area contributed by atoms with Crippen molar-refractivity contribution < 1.29 is 0 Å². The number of nitrogens with zero attached hydrogens (tertiary/aromatic N) is 2. The molecule has 2 heterocycles. The molecule has 0 radical (unpaired) electrons. The zero-order valence-electron chi connectivity index (χ0n) is 28.0. The number of anilines is 4. The maximum absolute atomic E-state index is 2.50. The van der Waals surface area contributed by atoms with Crippen LogP contribution in [-0.2, 0) is 0 Å². The summed E-state index contributed by atoms with van der Waals surface area (Å²) in [6.45, 7) is 7.12. The van der Waals surface area contributed by atoms with Crippen LogP contribution in [0.15, 0.2) is 151 Å². The van der Waals surface area contributed by atoms with Gasteiger partial charge in [0, 0.05) is 69.8 Å². The van der Waals surface area contributed by atoms with Gasteiger partial charge in [0.1, 0.15) is 0 Å². The van der Waals surface area contributed by atoms with Crippen molar-refractivity contribution in [2.75, 3.05) is 9.80 Å². The van der Waals surface area contributed by atoms with Crippen LogP contribution in [0.4, 0.5) is 22.7 Å². The first-order valence-corrected chi connectivity index (χ1v) is 18.9. The number of hydrogen-bond donors (Lipinski definition) is 0. The van der Waals surface area contributed by atoms with Gasteiger partial charge in [0.25, 0.3) is 0 Å². The Bertz CT molecular complexity index is 2430. The molecule has 0 saturated heterocycles. The van der Waals surface area contributed by atoms with Gasteiger partial charge in [-0.15, -0.1) is 22.7 Å². The Labute approximate surface area is 296 Å². The molecule has 49 heavy (non-hydrogen) atoms. The van der Waals surface area contributed by atoms with Crippen molar-refractivity contribution in [1.29, 1.82) is 0 Å². The summed E-state index contributed by atoms with van der Waals surface area (Å²) in [5, 5.41) is 4.04. The molecule has 2 aliphatic rings. The lowest BCUT2D eigenvalue weighted by molar-refractivity contribution is 0.552. The maximum Gasteiger partial charge on any atom is 0.0473 e. The SMILES string of the molecule is CC1C=CC(N(c2ccccc2)c2ccc3sc4c(c3c2)C(C)C(C)C(N(c2ccccc2)c2ccc3c(c2)sc2ccccc23)=C4)=CC1. The first-order valence-electron chi connectivity index (χ1n) is 17.3. The van der Waals surface area contributed by atoms with Gasteiger partial charge in [-0.05, 0) is 102 Å². The molecule has 2 aliphatic carbocycles. The van der Waals surface area contributed by atoms with Crippen molar-refractivity contribution in [1.82, 2.24) is 0 Å². The maximum atomic E-state index is 2.50. The minimum absolute atomic E-state index is 0.308. The number of para-hydroxylation sites is 2. The summed E-state index contributed by atoms with van der Waals surface area (Å²) in [7, 11) is 0. The molecule has 3 unspecified atom stereocenters. The lowest BCUT2D eigenvalue weighted by Crippen LogP contribution is -2.26. The van der Waals surface area contributed by atoms with Gasteiger partial charge in [-0.1, -0.05) is 93.6 Å². The zero-order chi connectivity index (χ0) is 33.1. The van der Waals surface area contributed by atoms with Gasteiger partial charge in [0.15, 0.2) is 0 Å². The molecule has 240 valence electrons. The van der Waals surface area contributed by atoms with E-state index < -0.39 is 0 Å². The molecular weight excluding hydrogens is 633 g/mol. The first kappa shape index (κ1) is 30.2. The highest BCUT2D eigenvalue weighted by molar-refractivity contribution is 7.25. The van der Waals surface area contributed by atoms with E-state index in [1.54, 1.807) is 0 Å². The third kappa shape index (κ3) is 5.22. The van der Waals surface area contributed by atoms with Crippen LogP contribution in [0.3, 0.4) is 0 Å². The summed E-state index contributed by atoms with van der Waals surface area (Å²) >= 11 is 3.81. The van der Waals surface area contributed by atoms with Crippen LogP contribution in [0.1, 0.15) is 43.6 Å². The summed E-state index contributed by atoms with van der Waals surface area (Å²) in [6, 6.07) is 44.6.